The summed E-state index contributed by atoms with van der Waals surface area (Å²) in [5.74, 6) is 1.57. The molecular formula is C16H18BrNO2. The van der Waals surface area contributed by atoms with E-state index in [0.717, 1.165) is 28.0 Å². The third kappa shape index (κ3) is 3.52. The fourth-order valence-electron chi connectivity index (χ4n) is 2.11. The molecular weight excluding hydrogens is 318 g/mol. The lowest BCUT2D eigenvalue weighted by Gasteiger charge is -2.17. The van der Waals surface area contributed by atoms with Gasteiger partial charge >= 0.3 is 0 Å². The Bertz CT molecular complexity index is 569. The van der Waals surface area contributed by atoms with Gasteiger partial charge in [-0.05, 0) is 42.3 Å². The zero-order valence-corrected chi connectivity index (χ0v) is 13.2. The normalized spacial score (nSPS) is 12.0. The van der Waals surface area contributed by atoms with Crippen molar-refractivity contribution in [3.8, 4) is 11.5 Å². The molecule has 2 aromatic carbocycles. The average Bonchev–Trinajstić information content (AvgIpc) is 2.48. The lowest BCUT2D eigenvalue weighted by atomic mass is 9.98. The molecule has 1 unspecified atom stereocenters. The first-order chi connectivity index (χ1) is 9.63. The second kappa shape index (κ2) is 6.77. The van der Waals surface area contributed by atoms with E-state index < -0.39 is 0 Å². The summed E-state index contributed by atoms with van der Waals surface area (Å²) in [6.07, 6.45) is 0.747. The first-order valence-electron chi connectivity index (χ1n) is 6.36. The Morgan fingerprint density at radius 3 is 2.35 bits per heavy atom. The van der Waals surface area contributed by atoms with Crippen LogP contribution < -0.4 is 15.2 Å². The van der Waals surface area contributed by atoms with Crippen LogP contribution in [-0.2, 0) is 6.42 Å². The zero-order valence-electron chi connectivity index (χ0n) is 11.6. The van der Waals surface area contributed by atoms with Gasteiger partial charge in [0.05, 0.1) is 14.2 Å². The standard InChI is InChI=1S/C16H18BrNO2/c1-19-13-7-8-16(20-2)14(10-13)15(18)9-11-3-5-12(17)6-4-11/h3-8,10,15H,9,18H2,1-2H3. The van der Waals surface area contributed by atoms with E-state index in [0.29, 0.717) is 0 Å². The van der Waals surface area contributed by atoms with Crippen molar-refractivity contribution in [1.29, 1.82) is 0 Å². The van der Waals surface area contributed by atoms with E-state index in [2.05, 4.69) is 28.1 Å². The number of methoxy groups -OCH3 is 2. The monoisotopic (exact) mass is 335 g/mol. The van der Waals surface area contributed by atoms with Gasteiger partial charge in [0.25, 0.3) is 0 Å². The van der Waals surface area contributed by atoms with Crippen molar-refractivity contribution in [2.75, 3.05) is 14.2 Å². The lowest BCUT2D eigenvalue weighted by molar-refractivity contribution is 0.395. The molecule has 0 saturated heterocycles. The van der Waals surface area contributed by atoms with Crippen molar-refractivity contribution in [3.05, 3.63) is 58.1 Å². The summed E-state index contributed by atoms with van der Waals surface area (Å²) in [5, 5.41) is 0. The van der Waals surface area contributed by atoms with Gasteiger partial charge in [0.1, 0.15) is 11.5 Å². The highest BCUT2D eigenvalue weighted by molar-refractivity contribution is 9.10. The maximum atomic E-state index is 6.32. The van der Waals surface area contributed by atoms with Crippen LogP contribution in [0.3, 0.4) is 0 Å². The molecule has 0 heterocycles. The van der Waals surface area contributed by atoms with Gasteiger partial charge in [-0.1, -0.05) is 28.1 Å². The maximum Gasteiger partial charge on any atom is 0.123 e. The summed E-state index contributed by atoms with van der Waals surface area (Å²) in [4.78, 5) is 0. The van der Waals surface area contributed by atoms with Gasteiger partial charge < -0.3 is 15.2 Å². The highest BCUT2D eigenvalue weighted by Crippen LogP contribution is 2.30. The van der Waals surface area contributed by atoms with E-state index >= 15 is 0 Å². The smallest absolute Gasteiger partial charge is 0.123 e. The maximum absolute atomic E-state index is 6.32. The molecule has 106 valence electrons. The molecule has 0 aliphatic heterocycles. The van der Waals surface area contributed by atoms with E-state index in [1.54, 1.807) is 14.2 Å². The van der Waals surface area contributed by atoms with Crippen molar-refractivity contribution in [2.24, 2.45) is 5.73 Å². The largest absolute Gasteiger partial charge is 0.497 e. The van der Waals surface area contributed by atoms with E-state index in [-0.39, 0.29) is 6.04 Å². The summed E-state index contributed by atoms with van der Waals surface area (Å²) >= 11 is 3.43. The first kappa shape index (κ1) is 14.9. The molecule has 3 nitrogen and oxygen atoms in total. The van der Waals surface area contributed by atoms with Gasteiger partial charge in [0, 0.05) is 16.1 Å². The van der Waals surface area contributed by atoms with Crippen molar-refractivity contribution < 1.29 is 9.47 Å². The van der Waals surface area contributed by atoms with Crippen LogP contribution in [0, 0.1) is 0 Å². The summed E-state index contributed by atoms with van der Waals surface area (Å²) in [6, 6.07) is 13.7. The van der Waals surface area contributed by atoms with E-state index in [1.807, 2.05) is 30.3 Å². The molecule has 2 N–H and O–H groups in total. The summed E-state index contributed by atoms with van der Waals surface area (Å²) in [6.45, 7) is 0. The van der Waals surface area contributed by atoms with Gasteiger partial charge in [-0.2, -0.15) is 0 Å². The number of halogens is 1. The Kier molecular flexibility index (Phi) is 5.04. The molecule has 0 aliphatic carbocycles. The van der Waals surface area contributed by atoms with Gasteiger partial charge in [-0.25, -0.2) is 0 Å². The number of benzene rings is 2. The van der Waals surface area contributed by atoms with Crippen LogP contribution in [0.4, 0.5) is 0 Å². The fraction of sp³-hybridized carbons (Fsp3) is 0.250. The van der Waals surface area contributed by atoms with Crippen LogP contribution in [0.15, 0.2) is 46.9 Å². The Hall–Kier alpha value is -1.52. The van der Waals surface area contributed by atoms with Crippen LogP contribution in [-0.4, -0.2) is 14.2 Å². The molecule has 20 heavy (non-hydrogen) atoms. The Morgan fingerprint density at radius 2 is 1.75 bits per heavy atom. The van der Waals surface area contributed by atoms with Gasteiger partial charge in [-0.3, -0.25) is 0 Å². The molecule has 0 amide bonds. The summed E-state index contributed by atoms with van der Waals surface area (Å²) < 4.78 is 11.7. The van der Waals surface area contributed by atoms with E-state index in [1.165, 1.54) is 5.56 Å². The van der Waals surface area contributed by atoms with Crippen molar-refractivity contribution >= 4 is 15.9 Å². The first-order valence-corrected chi connectivity index (χ1v) is 7.15. The second-order valence-electron chi connectivity index (χ2n) is 4.54. The molecule has 4 heteroatoms. The number of nitrogens with two attached hydrogens (primary N) is 1. The van der Waals surface area contributed by atoms with Gasteiger partial charge in [0.15, 0.2) is 0 Å². The van der Waals surface area contributed by atoms with Crippen molar-refractivity contribution in [1.82, 2.24) is 0 Å². The SMILES string of the molecule is COc1ccc(OC)c(C(N)Cc2ccc(Br)cc2)c1. The Labute approximate surface area is 127 Å². The van der Waals surface area contributed by atoms with Crippen molar-refractivity contribution in [3.63, 3.8) is 0 Å². The molecule has 0 aliphatic rings. The van der Waals surface area contributed by atoms with Gasteiger partial charge in [-0.15, -0.1) is 0 Å². The number of hydrogen-bond donors (Lipinski definition) is 1. The summed E-state index contributed by atoms with van der Waals surface area (Å²) in [7, 11) is 3.30. The van der Waals surface area contributed by atoms with E-state index in [9.17, 15) is 0 Å². The molecule has 0 aromatic heterocycles. The van der Waals surface area contributed by atoms with Crippen LogP contribution >= 0.6 is 15.9 Å². The number of rotatable bonds is 5. The lowest BCUT2D eigenvalue weighted by Crippen LogP contribution is -2.14. The highest BCUT2D eigenvalue weighted by atomic mass is 79.9. The predicted octanol–water partition coefficient (Wildman–Crippen LogP) is 3.71. The van der Waals surface area contributed by atoms with Crippen LogP contribution in [0.2, 0.25) is 0 Å². The highest BCUT2D eigenvalue weighted by Gasteiger charge is 2.14. The van der Waals surface area contributed by atoms with E-state index in [4.69, 9.17) is 15.2 Å². The zero-order chi connectivity index (χ0) is 14.5. The molecule has 0 radical (unpaired) electrons. The molecule has 0 fully saturated rings. The fourth-order valence-corrected chi connectivity index (χ4v) is 2.38. The molecule has 2 rings (SSSR count). The Balaban J connectivity index is 2.23. The predicted molar refractivity (Wildman–Crippen MR) is 84.3 cm³/mol. The quantitative estimate of drug-likeness (QED) is 0.905. The number of hydrogen-bond acceptors (Lipinski definition) is 3. The minimum atomic E-state index is -0.138. The summed E-state index contributed by atoms with van der Waals surface area (Å²) in [5.41, 5.74) is 8.46. The minimum Gasteiger partial charge on any atom is -0.497 e. The third-order valence-electron chi connectivity index (χ3n) is 3.21. The van der Waals surface area contributed by atoms with Gasteiger partial charge in [0.2, 0.25) is 0 Å². The molecule has 0 saturated carbocycles. The number of ether oxygens (including phenoxy) is 2. The van der Waals surface area contributed by atoms with Crippen molar-refractivity contribution in [2.45, 2.75) is 12.5 Å². The second-order valence-corrected chi connectivity index (χ2v) is 5.46. The van der Waals surface area contributed by atoms with Crippen LogP contribution in [0.1, 0.15) is 17.2 Å². The topological polar surface area (TPSA) is 44.5 Å². The molecule has 0 spiro atoms. The average molecular weight is 336 g/mol. The van der Waals surface area contributed by atoms with Crippen LogP contribution in [0.25, 0.3) is 0 Å². The third-order valence-corrected chi connectivity index (χ3v) is 3.73. The minimum absolute atomic E-state index is 0.138. The Morgan fingerprint density at radius 1 is 1.05 bits per heavy atom. The van der Waals surface area contributed by atoms with Crippen LogP contribution in [0.5, 0.6) is 11.5 Å². The molecule has 2 aromatic rings. The molecule has 1 atom stereocenters. The molecule has 0 bridgehead atoms.